The lowest BCUT2D eigenvalue weighted by atomic mass is 10.1. The molecule has 0 spiro atoms. The van der Waals surface area contributed by atoms with E-state index in [1.807, 2.05) is 0 Å². The van der Waals surface area contributed by atoms with Gasteiger partial charge < -0.3 is 0 Å². The van der Waals surface area contributed by atoms with E-state index in [9.17, 15) is 26.7 Å². The van der Waals surface area contributed by atoms with Crippen molar-refractivity contribution in [2.45, 2.75) is 18.6 Å². The van der Waals surface area contributed by atoms with Crippen LogP contribution < -0.4 is 0 Å². The minimum atomic E-state index is -5.63. The monoisotopic (exact) mass is 251 g/mol. The van der Waals surface area contributed by atoms with Gasteiger partial charge in [-0.15, -0.1) is 0 Å². The fourth-order valence-corrected chi connectivity index (χ4v) is 1.11. The van der Waals surface area contributed by atoms with Gasteiger partial charge in [0, 0.05) is 5.56 Å². The van der Waals surface area contributed by atoms with Gasteiger partial charge in [-0.25, -0.2) is 9.79 Å². The molecule has 0 unspecified atom stereocenters. The largest absolute Gasteiger partial charge is 0.458 e. The third kappa shape index (κ3) is 2.88. The fourth-order valence-electron chi connectivity index (χ4n) is 1.11. The van der Waals surface area contributed by atoms with E-state index in [0.717, 1.165) is 12.1 Å². The van der Waals surface area contributed by atoms with Gasteiger partial charge in [0.25, 0.3) is 0 Å². The Kier molecular flexibility index (Phi) is 3.63. The first kappa shape index (κ1) is 13.3. The summed E-state index contributed by atoms with van der Waals surface area (Å²) in [5.41, 5.74) is -0.807. The van der Waals surface area contributed by atoms with Crippen LogP contribution in [0.4, 0.5) is 22.0 Å². The molecule has 0 aliphatic carbocycles. The van der Waals surface area contributed by atoms with Crippen molar-refractivity contribution in [3.05, 3.63) is 35.4 Å². The van der Waals surface area contributed by atoms with E-state index in [1.54, 1.807) is 0 Å². The van der Waals surface area contributed by atoms with Crippen LogP contribution in [0.1, 0.15) is 11.1 Å². The molecule has 0 bridgehead atoms. The number of isocyanates is 1. The van der Waals surface area contributed by atoms with E-state index in [1.165, 1.54) is 6.08 Å². The maximum absolute atomic E-state index is 12.8. The highest BCUT2D eigenvalue weighted by molar-refractivity contribution is 5.34. The lowest BCUT2D eigenvalue weighted by Crippen LogP contribution is -2.33. The van der Waals surface area contributed by atoms with Gasteiger partial charge in [0.15, 0.2) is 0 Å². The second kappa shape index (κ2) is 4.63. The zero-order chi connectivity index (χ0) is 13.1. The van der Waals surface area contributed by atoms with Gasteiger partial charge in [0.1, 0.15) is 0 Å². The summed E-state index contributed by atoms with van der Waals surface area (Å²) in [7, 11) is 0. The van der Waals surface area contributed by atoms with Gasteiger partial charge >= 0.3 is 12.1 Å². The quantitative estimate of drug-likeness (QED) is 0.461. The van der Waals surface area contributed by atoms with Crippen LogP contribution in [0.15, 0.2) is 29.3 Å². The molecule has 0 saturated carbocycles. The number of hydrogen-bond acceptors (Lipinski definition) is 2. The zero-order valence-electron chi connectivity index (χ0n) is 8.26. The Morgan fingerprint density at radius 2 is 1.59 bits per heavy atom. The van der Waals surface area contributed by atoms with E-state index in [2.05, 4.69) is 4.99 Å². The van der Waals surface area contributed by atoms with Crippen LogP contribution in [0, 0.1) is 0 Å². The van der Waals surface area contributed by atoms with Crippen LogP contribution in [-0.2, 0) is 17.3 Å². The molecule has 7 heteroatoms. The third-order valence-corrected chi connectivity index (χ3v) is 2.00. The molecule has 0 aromatic heterocycles. The van der Waals surface area contributed by atoms with Crippen LogP contribution in [0.5, 0.6) is 0 Å². The highest BCUT2D eigenvalue weighted by Gasteiger charge is 2.58. The summed E-state index contributed by atoms with van der Waals surface area (Å²) < 4.78 is 61.7. The second-order valence-electron chi connectivity index (χ2n) is 3.18. The number of alkyl halides is 5. The van der Waals surface area contributed by atoms with Crippen molar-refractivity contribution in [1.82, 2.24) is 0 Å². The molecule has 1 aromatic carbocycles. The Labute approximate surface area is 92.8 Å². The topological polar surface area (TPSA) is 29.4 Å². The minimum absolute atomic E-state index is 0.110. The number of aliphatic imine (C=N–C) groups is 1. The standard InChI is InChI=1S/C10H6F5NO/c11-9(12,10(13,14)15)8-3-1-7(2-4-8)5-16-6-17/h1-4H,5H2. The Balaban J connectivity index is 2.98. The first-order valence-corrected chi connectivity index (χ1v) is 4.36. The third-order valence-electron chi connectivity index (χ3n) is 2.00. The van der Waals surface area contributed by atoms with E-state index in [4.69, 9.17) is 0 Å². The fraction of sp³-hybridized carbons (Fsp3) is 0.300. The van der Waals surface area contributed by atoms with Gasteiger partial charge in [0.05, 0.1) is 6.54 Å². The van der Waals surface area contributed by atoms with Crippen molar-refractivity contribution in [3.8, 4) is 0 Å². The summed E-state index contributed by atoms with van der Waals surface area (Å²) in [6.07, 6.45) is -4.40. The molecule has 0 amide bonds. The van der Waals surface area contributed by atoms with Crippen molar-refractivity contribution in [2.24, 2.45) is 4.99 Å². The van der Waals surface area contributed by atoms with Crippen molar-refractivity contribution in [3.63, 3.8) is 0 Å². The molecule has 92 valence electrons. The van der Waals surface area contributed by atoms with Gasteiger partial charge in [-0.3, -0.25) is 0 Å². The van der Waals surface area contributed by atoms with E-state index < -0.39 is 17.7 Å². The SMILES string of the molecule is O=C=NCc1ccc(C(F)(F)C(F)(F)F)cc1. The summed E-state index contributed by atoms with van der Waals surface area (Å²) in [5, 5.41) is 0. The van der Waals surface area contributed by atoms with Gasteiger partial charge in [-0.05, 0) is 5.56 Å². The molecule has 0 radical (unpaired) electrons. The average Bonchev–Trinajstić information content (AvgIpc) is 2.25. The van der Waals surface area contributed by atoms with Gasteiger partial charge in [-0.1, -0.05) is 24.3 Å². The van der Waals surface area contributed by atoms with Gasteiger partial charge in [-0.2, -0.15) is 22.0 Å². The molecule has 0 aliphatic heterocycles. The predicted molar refractivity (Wildman–Crippen MR) is 48.2 cm³/mol. The highest BCUT2D eigenvalue weighted by Crippen LogP contribution is 2.43. The van der Waals surface area contributed by atoms with Gasteiger partial charge in [0.2, 0.25) is 6.08 Å². The molecule has 0 saturated heterocycles. The number of carbonyl (C=O) groups excluding carboxylic acids is 1. The average molecular weight is 251 g/mol. The molecule has 1 aromatic rings. The molecule has 17 heavy (non-hydrogen) atoms. The first-order chi connectivity index (χ1) is 7.79. The first-order valence-electron chi connectivity index (χ1n) is 4.36. The number of nitrogens with zero attached hydrogens (tertiary/aromatic N) is 1. The maximum Gasteiger partial charge on any atom is 0.458 e. The Hall–Kier alpha value is -1.75. The lowest BCUT2D eigenvalue weighted by Gasteiger charge is -2.19. The number of hydrogen-bond donors (Lipinski definition) is 0. The zero-order valence-corrected chi connectivity index (χ0v) is 8.26. The Bertz CT molecular complexity index is 431. The van der Waals surface area contributed by atoms with Crippen LogP contribution in [0.3, 0.4) is 0 Å². The molecule has 2 nitrogen and oxygen atoms in total. The van der Waals surface area contributed by atoms with Crippen molar-refractivity contribution in [2.75, 3.05) is 0 Å². The second-order valence-corrected chi connectivity index (χ2v) is 3.18. The maximum atomic E-state index is 12.8. The summed E-state index contributed by atoms with van der Waals surface area (Å²) in [5.74, 6) is -4.89. The number of rotatable bonds is 3. The molecule has 0 atom stereocenters. The molecule has 0 N–H and O–H groups in total. The van der Waals surface area contributed by atoms with E-state index in [-0.39, 0.29) is 6.54 Å². The van der Waals surface area contributed by atoms with Crippen molar-refractivity contribution >= 4 is 6.08 Å². The predicted octanol–water partition coefficient (Wildman–Crippen LogP) is 3.18. The summed E-state index contributed by atoms with van der Waals surface area (Å²) >= 11 is 0. The number of halogens is 5. The van der Waals surface area contributed by atoms with Crippen LogP contribution in [0.2, 0.25) is 0 Å². The smallest absolute Gasteiger partial charge is 0.211 e. The summed E-state index contributed by atoms with van der Waals surface area (Å²) in [6.45, 7) is -0.110. The van der Waals surface area contributed by atoms with Crippen molar-refractivity contribution in [1.29, 1.82) is 0 Å². The van der Waals surface area contributed by atoms with Crippen LogP contribution >= 0.6 is 0 Å². The minimum Gasteiger partial charge on any atom is -0.211 e. The summed E-state index contributed by atoms with van der Waals surface area (Å²) in [6, 6.07) is 3.41. The molecule has 1 rings (SSSR count). The number of benzene rings is 1. The van der Waals surface area contributed by atoms with E-state index >= 15 is 0 Å². The lowest BCUT2D eigenvalue weighted by molar-refractivity contribution is -0.289. The highest BCUT2D eigenvalue weighted by atomic mass is 19.4. The molecular weight excluding hydrogens is 245 g/mol. The normalized spacial score (nSPS) is 12.1. The molecular formula is C10H6F5NO. The van der Waals surface area contributed by atoms with E-state index in [0.29, 0.717) is 17.7 Å². The molecule has 0 heterocycles. The Morgan fingerprint density at radius 3 is 2.00 bits per heavy atom. The van der Waals surface area contributed by atoms with Crippen LogP contribution in [-0.4, -0.2) is 12.3 Å². The van der Waals surface area contributed by atoms with Crippen LogP contribution in [0.25, 0.3) is 0 Å². The Morgan fingerprint density at radius 1 is 1.06 bits per heavy atom. The van der Waals surface area contributed by atoms with Crippen molar-refractivity contribution < 1.29 is 26.7 Å². The molecule has 0 aliphatic rings. The summed E-state index contributed by atoms with van der Waals surface area (Å²) in [4.78, 5) is 12.9. The molecule has 0 fully saturated rings.